The Hall–Kier alpha value is -3.04. The predicted molar refractivity (Wildman–Crippen MR) is 157 cm³/mol. The number of hydrogen-bond acceptors (Lipinski definition) is 5. The number of benzene rings is 1. The van der Waals surface area contributed by atoms with Gasteiger partial charge in [-0.2, -0.15) is 9.78 Å². The molecule has 0 bridgehead atoms. The van der Waals surface area contributed by atoms with Crippen LogP contribution in [0.4, 0.5) is 4.39 Å². The van der Waals surface area contributed by atoms with Crippen molar-refractivity contribution in [3.05, 3.63) is 57.4 Å². The number of aliphatic carboxylic acids is 1. The van der Waals surface area contributed by atoms with E-state index in [1.165, 1.54) is 4.68 Å². The van der Waals surface area contributed by atoms with Gasteiger partial charge >= 0.3 is 5.97 Å². The summed E-state index contributed by atoms with van der Waals surface area (Å²) in [6.07, 6.45) is 7.34. The molecule has 1 aromatic carbocycles. The number of halogens is 2. The third-order valence-corrected chi connectivity index (χ3v) is 10.3. The maximum atomic E-state index is 15.8. The van der Waals surface area contributed by atoms with Crippen LogP contribution in [0.2, 0.25) is 5.02 Å². The number of fused-ring (bicyclic) bond motifs is 1. The molecule has 1 saturated carbocycles. The second kappa shape index (κ2) is 11.2. The van der Waals surface area contributed by atoms with Crippen LogP contribution in [0.15, 0.2) is 24.3 Å². The minimum Gasteiger partial charge on any atom is -0.481 e. The Morgan fingerprint density at radius 3 is 2.50 bits per heavy atom. The van der Waals surface area contributed by atoms with Crippen LogP contribution in [0.5, 0.6) is 0 Å². The van der Waals surface area contributed by atoms with Gasteiger partial charge in [0.15, 0.2) is 0 Å². The lowest BCUT2D eigenvalue weighted by Gasteiger charge is -2.35. The van der Waals surface area contributed by atoms with Gasteiger partial charge in [0.1, 0.15) is 5.67 Å². The molecule has 1 saturated heterocycles. The number of carbonyl (C=O) groups excluding carboxylic acids is 2. The summed E-state index contributed by atoms with van der Waals surface area (Å²) in [5.41, 5.74) is 2.05. The second-order valence-electron chi connectivity index (χ2n) is 12.6. The molecule has 42 heavy (non-hydrogen) atoms. The first-order valence-electron chi connectivity index (χ1n) is 15.1. The van der Waals surface area contributed by atoms with Gasteiger partial charge in [0.05, 0.1) is 27.9 Å². The molecule has 1 aliphatic heterocycles. The molecule has 10 heteroatoms. The van der Waals surface area contributed by atoms with Gasteiger partial charge in [-0.1, -0.05) is 29.8 Å². The number of likely N-dealkylation sites (N-methyl/N-ethyl adjacent to an activating group) is 1. The molecular formula is C32H38ClFN4O4. The van der Waals surface area contributed by atoms with Crippen LogP contribution in [0.25, 0.3) is 5.57 Å². The second-order valence-corrected chi connectivity index (χ2v) is 13.0. The summed E-state index contributed by atoms with van der Waals surface area (Å²) in [6.45, 7) is 1.41. The van der Waals surface area contributed by atoms with Gasteiger partial charge in [-0.25, -0.2) is 4.39 Å². The van der Waals surface area contributed by atoms with Crippen LogP contribution in [0.3, 0.4) is 0 Å². The van der Waals surface area contributed by atoms with E-state index in [0.29, 0.717) is 87.4 Å². The zero-order valence-corrected chi connectivity index (χ0v) is 25.0. The lowest BCUT2D eigenvalue weighted by Crippen LogP contribution is -2.40. The van der Waals surface area contributed by atoms with Crippen LogP contribution < -0.4 is 0 Å². The maximum Gasteiger partial charge on any atom is 0.306 e. The molecular weight excluding hydrogens is 559 g/mol. The van der Waals surface area contributed by atoms with Gasteiger partial charge in [0, 0.05) is 42.6 Å². The highest BCUT2D eigenvalue weighted by Crippen LogP contribution is 2.47. The van der Waals surface area contributed by atoms with Crippen molar-refractivity contribution in [3.63, 3.8) is 0 Å². The Labute approximate surface area is 250 Å². The highest BCUT2D eigenvalue weighted by molar-refractivity contribution is 6.34. The van der Waals surface area contributed by atoms with Crippen molar-refractivity contribution in [2.24, 2.45) is 11.8 Å². The number of likely N-dealkylation sites (tertiary alicyclic amines) is 1. The Bertz CT molecular complexity index is 1460. The Morgan fingerprint density at radius 2 is 1.88 bits per heavy atom. The Morgan fingerprint density at radius 1 is 1.12 bits per heavy atom. The molecule has 2 aromatic rings. The SMILES string of the molecule is CN(C)[C@@H]1CCN(C(=O)[C@H]2CCc3c(C4=CCC(C(=O)O)CC4)nn(C(=O)c4c(Cl)cccc4C4(F)CCC4)c3C2)C1. The van der Waals surface area contributed by atoms with E-state index in [1.807, 2.05) is 25.1 Å². The third kappa shape index (κ3) is 5.08. The molecule has 3 aliphatic carbocycles. The molecule has 6 rings (SSSR count). The zero-order valence-electron chi connectivity index (χ0n) is 24.2. The van der Waals surface area contributed by atoms with Crippen molar-refractivity contribution in [1.29, 1.82) is 0 Å². The highest BCUT2D eigenvalue weighted by Gasteiger charge is 2.43. The van der Waals surface area contributed by atoms with Gasteiger partial charge in [-0.3, -0.25) is 14.4 Å². The molecule has 224 valence electrons. The molecule has 2 heterocycles. The first kappa shape index (κ1) is 29.1. The van der Waals surface area contributed by atoms with Crippen LogP contribution >= 0.6 is 11.6 Å². The van der Waals surface area contributed by atoms with Crippen LogP contribution in [0, 0.1) is 11.8 Å². The summed E-state index contributed by atoms with van der Waals surface area (Å²) in [7, 11) is 4.06. The number of nitrogens with zero attached hydrogens (tertiary/aromatic N) is 4. The lowest BCUT2D eigenvalue weighted by atomic mass is 9.75. The van der Waals surface area contributed by atoms with E-state index in [-0.39, 0.29) is 22.4 Å². The number of rotatable bonds is 6. The number of carboxylic acids is 1. The van der Waals surface area contributed by atoms with Gasteiger partial charge in [0.2, 0.25) is 5.91 Å². The molecule has 1 N–H and O–H groups in total. The number of alkyl halides is 1. The van der Waals surface area contributed by atoms with E-state index in [1.54, 1.807) is 18.2 Å². The van der Waals surface area contributed by atoms with Gasteiger partial charge < -0.3 is 14.9 Å². The van der Waals surface area contributed by atoms with Crippen LogP contribution in [0.1, 0.15) is 84.2 Å². The first-order valence-corrected chi connectivity index (χ1v) is 15.5. The van der Waals surface area contributed by atoms with Gasteiger partial charge in [-0.05, 0) is 83.5 Å². The van der Waals surface area contributed by atoms with Crippen molar-refractivity contribution < 1.29 is 23.9 Å². The zero-order chi connectivity index (χ0) is 29.8. The topological polar surface area (TPSA) is 95.7 Å². The van der Waals surface area contributed by atoms with E-state index in [4.69, 9.17) is 16.7 Å². The van der Waals surface area contributed by atoms with E-state index < -0.39 is 23.5 Å². The molecule has 4 aliphatic rings. The van der Waals surface area contributed by atoms with Crippen molar-refractivity contribution in [2.75, 3.05) is 27.2 Å². The minimum atomic E-state index is -1.60. The number of aromatic nitrogens is 2. The summed E-state index contributed by atoms with van der Waals surface area (Å²) in [6, 6.07) is 5.26. The fourth-order valence-electron chi connectivity index (χ4n) is 7.12. The van der Waals surface area contributed by atoms with Gasteiger partial charge in [0.25, 0.3) is 5.91 Å². The average Bonchev–Trinajstić information content (AvgIpc) is 3.61. The van der Waals surface area contributed by atoms with E-state index >= 15 is 4.39 Å². The molecule has 0 spiro atoms. The summed E-state index contributed by atoms with van der Waals surface area (Å²) >= 11 is 6.59. The normalized spacial score (nSPS) is 25.1. The monoisotopic (exact) mass is 596 g/mol. The highest BCUT2D eigenvalue weighted by atomic mass is 35.5. The number of carbonyl (C=O) groups is 3. The summed E-state index contributed by atoms with van der Waals surface area (Å²) in [4.78, 5) is 43.6. The maximum absolute atomic E-state index is 15.8. The summed E-state index contributed by atoms with van der Waals surface area (Å²) in [5.74, 6) is -1.91. The standard InChI is InChI=1S/C32H38ClFN4O4/c1-36(2)22-13-16-37(18-22)29(39)21-11-12-23-26(17-21)38(35-28(23)19-7-9-20(10-8-19)31(41)42)30(40)27-24(5-3-6-25(27)33)32(34)14-4-15-32/h3,5-7,20-22H,4,8-18H2,1-2H3,(H,41,42)/t20?,21-,22+/m0/s1. The number of hydrogen-bond donors (Lipinski definition) is 1. The minimum absolute atomic E-state index is 0.101. The average molecular weight is 597 g/mol. The van der Waals surface area contributed by atoms with Crippen molar-refractivity contribution >= 4 is 35.0 Å². The summed E-state index contributed by atoms with van der Waals surface area (Å²) < 4.78 is 17.1. The van der Waals surface area contributed by atoms with E-state index in [9.17, 15) is 19.5 Å². The fourth-order valence-corrected chi connectivity index (χ4v) is 7.38. The largest absolute Gasteiger partial charge is 0.481 e. The van der Waals surface area contributed by atoms with Gasteiger partial charge in [-0.15, -0.1) is 0 Å². The molecule has 0 radical (unpaired) electrons. The summed E-state index contributed by atoms with van der Waals surface area (Å²) in [5, 5.41) is 14.5. The Balaban J connectivity index is 1.38. The molecule has 1 unspecified atom stereocenters. The fraction of sp³-hybridized carbons (Fsp3) is 0.562. The number of carboxylic acid groups (broad SMARTS) is 1. The lowest BCUT2D eigenvalue weighted by molar-refractivity contribution is -0.142. The molecule has 1 amide bonds. The number of amides is 1. The smallest absolute Gasteiger partial charge is 0.306 e. The van der Waals surface area contributed by atoms with Crippen molar-refractivity contribution in [1.82, 2.24) is 19.6 Å². The van der Waals surface area contributed by atoms with E-state index in [0.717, 1.165) is 24.0 Å². The van der Waals surface area contributed by atoms with Crippen molar-refractivity contribution in [2.45, 2.75) is 75.9 Å². The first-order chi connectivity index (χ1) is 20.1. The van der Waals surface area contributed by atoms with Crippen LogP contribution in [-0.4, -0.2) is 75.7 Å². The molecule has 2 fully saturated rings. The predicted octanol–water partition coefficient (Wildman–Crippen LogP) is 5.11. The molecule has 1 aromatic heterocycles. The Kier molecular flexibility index (Phi) is 7.77. The van der Waals surface area contributed by atoms with Crippen molar-refractivity contribution in [3.8, 4) is 0 Å². The van der Waals surface area contributed by atoms with Crippen LogP contribution in [-0.2, 0) is 28.1 Å². The molecule has 8 nitrogen and oxygen atoms in total. The quantitative estimate of drug-likeness (QED) is 0.498. The third-order valence-electron chi connectivity index (χ3n) is 9.94. The molecule has 3 atom stereocenters. The van der Waals surface area contributed by atoms with E-state index in [2.05, 4.69) is 4.90 Å². The number of allylic oxidation sites excluding steroid dienone is 2.